The van der Waals surface area contributed by atoms with Gasteiger partial charge in [0.15, 0.2) is 0 Å². The monoisotopic (exact) mass is 271 g/mol. The number of hydrogen-bond acceptors (Lipinski definition) is 2. The van der Waals surface area contributed by atoms with Gasteiger partial charge in [0.2, 0.25) is 0 Å². The van der Waals surface area contributed by atoms with Crippen LogP contribution in [0.4, 0.5) is 0 Å². The molecule has 0 aliphatic heterocycles. The number of aromatic nitrogens is 2. The Morgan fingerprint density at radius 2 is 1.75 bits per heavy atom. The van der Waals surface area contributed by atoms with Crippen LogP contribution in [0.3, 0.4) is 0 Å². The summed E-state index contributed by atoms with van der Waals surface area (Å²) in [6, 6.07) is 10.7. The highest BCUT2D eigenvalue weighted by Gasteiger charge is 2.11. The van der Waals surface area contributed by atoms with Crippen LogP contribution in [0.2, 0.25) is 0 Å². The first-order valence-electron chi connectivity index (χ1n) is 7.18. The van der Waals surface area contributed by atoms with Crippen molar-refractivity contribution in [3.8, 4) is 0 Å². The molecule has 0 unspecified atom stereocenters. The first kappa shape index (κ1) is 14.8. The van der Waals surface area contributed by atoms with Gasteiger partial charge in [-0.05, 0) is 51.8 Å². The molecule has 0 aliphatic carbocycles. The quantitative estimate of drug-likeness (QED) is 0.923. The second kappa shape index (κ2) is 5.80. The summed E-state index contributed by atoms with van der Waals surface area (Å²) in [5.74, 6) is 0. The first-order chi connectivity index (χ1) is 9.35. The van der Waals surface area contributed by atoms with E-state index in [1.54, 1.807) is 0 Å². The van der Waals surface area contributed by atoms with Crippen molar-refractivity contribution in [1.82, 2.24) is 15.1 Å². The van der Waals surface area contributed by atoms with Crippen LogP contribution in [0, 0.1) is 13.8 Å². The van der Waals surface area contributed by atoms with E-state index in [4.69, 9.17) is 0 Å². The molecule has 3 heteroatoms. The highest BCUT2D eigenvalue weighted by Crippen LogP contribution is 2.13. The molecule has 1 aromatic heterocycles. The number of hydrogen-bond donors (Lipinski definition) is 1. The van der Waals surface area contributed by atoms with Gasteiger partial charge in [0.05, 0.1) is 12.2 Å². The fraction of sp³-hybridized carbons (Fsp3) is 0.471. The van der Waals surface area contributed by atoms with Crippen LogP contribution in [0.5, 0.6) is 0 Å². The minimum Gasteiger partial charge on any atom is -0.308 e. The summed E-state index contributed by atoms with van der Waals surface area (Å²) in [6.45, 7) is 12.4. The minimum atomic E-state index is 0.130. The van der Waals surface area contributed by atoms with Crippen molar-refractivity contribution in [2.45, 2.75) is 53.2 Å². The van der Waals surface area contributed by atoms with Gasteiger partial charge in [-0.2, -0.15) is 5.10 Å². The van der Waals surface area contributed by atoms with Gasteiger partial charge in [0.25, 0.3) is 0 Å². The Kier molecular flexibility index (Phi) is 4.29. The average Bonchev–Trinajstić information content (AvgIpc) is 2.66. The molecule has 20 heavy (non-hydrogen) atoms. The molecule has 0 radical (unpaired) electrons. The Morgan fingerprint density at radius 1 is 1.10 bits per heavy atom. The Morgan fingerprint density at radius 3 is 2.30 bits per heavy atom. The predicted octanol–water partition coefficient (Wildman–Crippen LogP) is 3.44. The second-order valence-corrected chi connectivity index (χ2v) is 6.46. The summed E-state index contributed by atoms with van der Waals surface area (Å²) >= 11 is 0. The lowest BCUT2D eigenvalue weighted by Gasteiger charge is -2.21. The van der Waals surface area contributed by atoms with E-state index in [1.165, 1.54) is 16.8 Å². The van der Waals surface area contributed by atoms with E-state index in [0.29, 0.717) is 0 Å². The van der Waals surface area contributed by atoms with Crippen molar-refractivity contribution in [1.29, 1.82) is 0 Å². The van der Waals surface area contributed by atoms with Gasteiger partial charge >= 0.3 is 0 Å². The number of aryl methyl sites for hydroxylation is 2. The molecular formula is C17H25N3. The molecule has 0 saturated heterocycles. The Labute approximate surface area is 122 Å². The molecule has 2 aromatic rings. The largest absolute Gasteiger partial charge is 0.308 e. The molecule has 0 atom stereocenters. The zero-order valence-corrected chi connectivity index (χ0v) is 13.2. The van der Waals surface area contributed by atoms with Crippen molar-refractivity contribution in [2.75, 3.05) is 0 Å². The van der Waals surface area contributed by atoms with Gasteiger partial charge in [-0.1, -0.05) is 24.3 Å². The van der Waals surface area contributed by atoms with Crippen LogP contribution in [-0.2, 0) is 13.1 Å². The highest BCUT2D eigenvalue weighted by molar-refractivity contribution is 5.28. The van der Waals surface area contributed by atoms with Gasteiger partial charge < -0.3 is 5.32 Å². The smallest absolute Gasteiger partial charge is 0.0665 e. The fourth-order valence-electron chi connectivity index (χ4n) is 2.24. The number of nitrogens with one attached hydrogen (secondary N) is 1. The molecule has 0 amide bonds. The van der Waals surface area contributed by atoms with Gasteiger partial charge in [-0.25, -0.2) is 0 Å². The van der Waals surface area contributed by atoms with Crippen molar-refractivity contribution in [3.63, 3.8) is 0 Å². The minimum absolute atomic E-state index is 0.130. The van der Waals surface area contributed by atoms with Gasteiger partial charge in [-0.3, -0.25) is 4.68 Å². The maximum Gasteiger partial charge on any atom is 0.0665 e. The topological polar surface area (TPSA) is 29.9 Å². The molecular weight excluding hydrogens is 246 g/mol. The third-order valence-electron chi connectivity index (χ3n) is 3.35. The van der Waals surface area contributed by atoms with Crippen molar-refractivity contribution < 1.29 is 0 Å². The zero-order chi connectivity index (χ0) is 14.8. The molecule has 0 bridgehead atoms. The summed E-state index contributed by atoms with van der Waals surface area (Å²) in [7, 11) is 0. The number of nitrogens with zero attached hydrogens (tertiary/aromatic N) is 2. The molecule has 0 spiro atoms. The molecule has 0 saturated carbocycles. The van der Waals surface area contributed by atoms with E-state index in [0.717, 1.165) is 18.8 Å². The van der Waals surface area contributed by atoms with Crippen molar-refractivity contribution >= 4 is 0 Å². The van der Waals surface area contributed by atoms with E-state index >= 15 is 0 Å². The lowest BCUT2D eigenvalue weighted by Crippen LogP contribution is -2.35. The van der Waals surface area contributed by atoms with Crippen LogP contribution in [-0.4, -0.2) is 15.3 Å². The van der Waals surface area contributed by atoms with E-state index in [9.17, 15) is 0 Å². The van der Waals surface area contributed by atoms with Crippen LogP contribution < -0.4 is 5.32 Å². The third-order valence-corrected chi connectivity index (χ3v) is 3.35. The molecule has 2 rings (SSSR count). The van der Waals surface area contributed by atoms with Crippen molar-refractivity contribution in [3.05, 3.63) is 52.8 Å². The zero-order valence-electron chi connectivity index (χ0n) is 13.2. The lowest BCUT2D eigenvalue weighted by atomic mass is 10.0. The summed E-state index contributed by atoms with van der Waals surface area (Å²) < 4.78 is 2.07. The molecule has 0 aliphatic rings. The molecule has 1 N–H and O–H groups in total. The van der Waals surface area contributed by atoms with Gasteiger partial charge in [0.1, 0.15) is 0 Å². The first-order valence-corrected chi connectivity index (χ1v) is 7.18. The van der Waals surface area contributed by atoms with E-state index in [2.05, 4.69) is 73.1 Å². The molecule has 1 aromatic carbocycles. The summed E-state index contributed by atoms with van der Waals surface area (Å²) in [5, 5.41) is 8.11. The SMILES string of the molecule is Cc1cc(C)n(Cc2ccccc2CNC(C)(C)C)n1. The van der Waals surface area contributed by atoms with Gasteiger partial charge in [0, 0.05) is 17.8 Å². The maximum atomic E-state index is 4.55. The number of benzene rings is 1. The second-order valence-electron chi connectivity index (χ2n) is 6.46. The third kappa shape index (κ3) is 3.94. The normalized spacial score (nSPS) is 11.8. The van der Waals surface area contributed by atoms with E-state index < -0.39 is 0 Å². The van der Waals surface area contributed by atoms with Gasteiger partial charge in [-0.15, -0.1) is 0 Å². The van der Waals surface area contributed by atoms with Crippen molar-refractivity contribution in [2.24, 2.45) is 0 Å². The molecule has 3 nitrogen and oxygen atoms in total. The summed E-state index contributed by atoms with van der Waals surface area (Å²) in [4.78, 5) is 0. The Hall–Kier alpha value is -1.61. The molecule has 1 heterocycles. The highest BCUT2D eigenvalue weighted by atomic mass is 15.3. The Balaban J connectivity index is 2.17. The maximum absolute atomic E-state index is 4.55. The lowest BCUT2D eigenvalue weighted by molar-refractivity contribution is 0.423. The van der Waals surface area contributed by atoms with E-state index in [-0.39, 0.29) is 5.54 Å². The Bertz CT molecular complexity index is 576. The van der Waals surface area contributed by atoms with Crippen LogP contribution >= 0.6 is 0 Å². The fourth-order valence-corrected chi connectivity index (χ4v) is 2.24. The number of rotatable bonds is 4. The molecule has 0 fully saturated rings. The van der Waals surface area contributed by atoms with Crippen LogP contribution in [0.15, 0.2) is 30.3 Å². The summed E-state index contributed by atoms with van der Waals surface area (Å²) in [6.07, 6.45) is 0. The molecule has 108 valence electrons. The standard InChI is InChI=1S/C17H25N3/c1-13-10-14(2)20(19-13)12-16-9-7-6-8-15(16)11-18-17(3,4)5/h6-10,18H,11-12H2,1-5H3. The van der Waals surface area contributed by atoms with E-state index in [1.807, 2.05) is 6.92 Å². The average molecular weight is 271 g/mol. The summed E-state index contributed by atoms with van der Waals surface area (Å²) in [5.41, 5.74) is 5.09. The predicted molar refractivity (Wildman–Crippen MR) is 83.8 cm³/mol. The van der Waals surface area contributed by atoms with Crippen LogP contribution in [0.25, 0.3) is 0 Å². The van der Waals surface area contributed by atoms with Crippen LogP contribution in [0.1, 0.15) is 43.3 Å².